The first-order valence-electron chi connectivity index (χ1n) is 8.50. The van der Waals surface area contributed by atoms with Crippen LogP contribution in [0.5, 0.6) is 0 Å². The second kappa shape index (κ2) is 7.81. The zero-order valence-electron chi connectivity index (χ0n) is 14.6. The molecule has 1 aromatic rings. The van der Waals surface area contributed by atoms with E-state index in [1.165, 1.54) is 0 Å². The summed E-state index contributed by atoms with van der Waals surface area (Å²) in [6, 6.07) is 2.85. The molecule has 6 N–H and O–H groups in total. The number of nitrogens with zero attached hydrogens (tertiary/aromatic N) is 2. The summed E-state index contributed by atoms with van der Waals surface area (Å²) in [6.07, 6.45) is 1.25. The summed E-state index contributed by atoms with van der Waals surface area (Å²) in [4.78, 5) is 18.4. The van der Waals surface area contributed by atoms with Crippen LogP contribution < -0.4 is 22.1 Å². The lowest BCUT2D eigenvalue weighted by Gasteiger charge is -2.41. The van der Waals surface area contributed by atoms with E-state index in [2.05, 4.69) is 36.5 Å². The monoisotopic (exact) mass is 442 g/mol. The van der Waals surface area contributed by atoms with Crippen molar-refractivity contribution in [2.75, 3.05) is 26.3 Å². The van der Waals surface area contributed by atoms with Crippen LogP contribution in [0.1, 0.15) is 23.2 Å². The lowest BCUT2D eigenvalue weighted by Crippen LogP contribution is -2.57. The predicted octanol–water partition coefficient (Wildman–Crippen LogP) is 0.970. The molecule has 2 heterocycles. The summed E-state index contributed by atoms with van der Waals surface area (Å²) in [5.74, 6) is -0.908. The van der Waals surface area contributed by atoms with Gasteiger partial charge >= 0.3 is 0 Å². The highest BCUT2D eigenvalue weighted by Gasteiger charge is 2.33. The van der Waals surface area contributed by atoms with E-state index in [1.807, 2.05) is 0 Å². The summed E-state index contributed by atoms with van der Waals surface area (Å²) in [7, 11) is 0. The van der Waals surface area contributed by atoms with E-state index in [4.69, 9.17) is 11.5 Å². The first-order chi connectivity index (χ1) is 12.8. The summed E-state index contributed by atoms with van der Waals surface area (Å²) in [6.45, 7) is 1.96. The Kier molecular flexibility index (Phi) is 5.66. The number of aliphatic imine (C=N–C) groups is 1. The SMILES string of the molecule is NC1=NCNC(N2CCC(N)(CNC(=O)c3ccc(F)cc3F)CC2)=C1Br. The summed E-state index contributed by atoms with van der Waals surface area (Å²) >= 11 is 3.44. The van der Waals surface area contributed by atoms with Crippen molar-refractivity contribution < 1.29 is 13.6 Å². The van der Waals surface area contributed by atoms with Crippen molar-refractivity contribution in [3.05, 3.63) is 45.7 Å². The molecular weight excluding hydrogens is 422 g/mol. The Hall–Kier alpha value is -2.20. The van der Waals surface area contributed by atoms with Crippen molar-refractivity contribution in [3.8, 4) is 0 Å². The molecule has 27 heavy (non-hydrogen) atoms. The van der Waals surface area contributed by atoms with Crippen LogP contribution in [-0.2, 0) is 0 Å². The van der Waals surface area contributed by atoms with Crippen molar-refractivity contribution in [2.45, 2.75) is 18.4 Å². The third kappa shape index (κ3) is 4.38. The maximum atomic E-state index is 13.7. The average Bonchev–Trinajstić information content (AvgIpc) is 2.63. The van der Waals surface area contributed by atoms with Crippen LogP contribution in [0.15, 0.2) is 33.5 Å². The second-order valence-electron chi connectivity index (χ2n) is 6.70. The topological polar surface area (TPSA) is 109 Å². The van der Waals surface area contributed by atoms with E-state index >= 15 is 0 Å². The molecule has 146 valence electrons. The fraction of sp³-hybridized carbons (Fsp3) is 0.412. The van der Waals surface area contributed by atoms with E-state index in [0.717, 1.165) is 22.4 Å². The summed E-state index contributed by atoms with van der Waals surface area (Å²) in [5, 5.41) is 5.85. The van der Waals surface area contributed by atoms with Crippen molar-refractivity contribution in [3.63, 3.8) is 0 Å². The van der Waals surface area contributed by atoms with Crippen molar-refractivity contribution in [2.24, 2.45) is 16.5 Å². The number of nitrogens with one attached hydrogen (secondary N) is 2. The molecule has 0 aromatic heterocycles. The number of hydrogen-bond acceptors (Lipinski definition) is 6. The van der Waals surface area contributed by atoms with Gasteiger partial charge in [0.2, 0.25) is 0 Å². The van der Waals surface area contributed by atoms with Gasteiger partial charge in [-0.2, -0.15) is 0 Å². The number of amides is 1. The normalized spacial score (nSPS) is 19.4. The smallest absolute Gasteiger partial charge is 0.254 e. The van der Waals surface area contributed by atoms with Crippen LogP contribution in [-0.4, -0.2) is 48.5 Å². The van der Waals surface area contributed by atoms with Crippen LogP contribution >= 0.6 is 15.9 Å². The molecule has 0 bridgehead atoms. The molecule has 0 unspecified atom stereocenters. The van der Waals surface area contributed by atoms with Gasteiger partial charge in [-0.05, 0) is 40.9 Å². The average molecular weight is 443 g/mol. The number of amidine groups is 1. The Bertz CT molecular complexity index is 805. The van der Waals surface area contributed by atoms with Gasteiger partial charge < -0.3 is 27.0 Å². The number of benzene rings is 1. The number of carbonyl (C=O) groups is 1. The molecule has 0 aliphatic carbocycles. The number of hydrogen-bond donors (Lipinski definition) is 4. The van der Waals surface area contributed by atoms with Gasteiger partial charge in [0.15, 0.2) is 0 Å². The molecular formula is C17H21BrF2N6O. The molecule has 7 nitrogen and oxygen atoms in total. The Morgan fingerprint density at radius 1 is 1.37 bits per heavy atom. The third-order valence-electron chi connectivity index (χ3n) is 4.78. The highest BCUT2D eigenvalue weighted by atomic mass is 79.9. The molecule has 0 atom stereocenters. The standard InChI is InChI=1S/C17H21BrF2N6O/c18-13-14(21)24-9-25-15(13)26-5-3-17(22,4-6-26)8-23-16(27)11-2-1-10(19)7-12(11)20/h1-2,7,25H,3-6,8-9,22H2,(H2,21,24)(H,23,27). The zero-order valence-corrected chi connectivity index (χ0v) is 16.2. The minimum absolute atomic E-state index is 0.201. The van der Waals surface area contributed by atoms with Crippen LogP contribution in [0, 0.1) is 11.6 Å². The van der Waals surface area contributed by atoms with Gasteiger partial charge in [-0.3, -0.25) is 4.79 Å². The lowest BCUT2D eigenvalue weighted by atomic mass is 9.88. The van der Waals surface area contributed by atoms with Gasteiger partial charge in [-0.1, -0.05) is 0 Å². The number of rotatable bonds is 4. The van der Waals surface area contributed by atoms with Gasteiger partial charge in [-0.15, -0.1) is 0 Å². The molecule has 1 saturated heterocycles. The largest absolute Gasteiger partial charge is 0.383 e. The fourth-order valence-corrected chi connectivity index (χ4v) is 3.61. The Labute approximate surface area is 164 Å². The van der Waals surface area contributed by atoms with E-state index in [0.29, 0.717) is 44.5 Å². The number of halogens is 3. The number of piperidine rings is 1. The van der Waals surface area contributed by atoms with Crippen molar-refractivity contribution in [1.29, 1.82) is 0 Å². The number of likely N-dealkylation sites (tertiary alicyclic amines) is 1. The van der Waals surface area contributed by atoms with Gasteiger partial charge in [0, 0.05) is 31.2 Å². The van der Waals surface area contributed by atoms with Gasteiger partial charge in [0.1, 0.15) is 30.0 Å². The summed E-state index contributed by atoms with van der Waals surface area (Å²) in [5.41, 5.74) is 11.4. The molecule has 0 saturated carbocycles. The zero-order chi connectivity index (χ0) is 19.6. The van der Waals surface area contributed by atoms with E-state index in [-0.39, 0.29) is 12.1 Å². The van der Waals surface area contributed by atoms with Crippen LogP contribution in [0.3, 0.4) is 0 Å². The quantitative estimate of drug-likeness (QED) is 0.555. The molecule has 3 rings (SSSR count). The molecule has 2 aliphatic rings. The fourth-order valence-electron chi connectivity index (χ4n) is 3.10. The van der Waals surface area contributed by atoms with Gasteiger partial charge in [-0.25, -0.2) is 13.8 Å². The molecule has 1 fully saturated rings. The molecule has 1 aromatic carbocycles. The van der Waals surface area contributed by atoms with Gasteiger partial charge in [0.05, 0.1) is 10.0 Å². The Morgan fingerprint density at radius 2 is 2.07 bits per heavy atom. The van der Waals surface area contributed by atoms with Crippen LogP contribution in [0.25, 0.3) is 0 Å². The van der Waals surface area contributed by atoms with E-state index < -0.39 is 23.1 Å². The van der Waals surface area contributed by atoms with E-state index in [9.17, 15) is 13.6 Å². The predicted molar refractivity (Wildman–Crippen MR) is 102 cm³/mol. The highest BCUT2D eigenvalue weighted by Crippen LogP contribution is 2.25. The molecule has 0 spiro atoms. The lowest BCUT2D eigenvalue weighted by molar-refractivity contribution is 0.0925. The minimum Gasteiger partial charge on any atom is -0.383 e. The Morgan fingerprint density at radius 3 is 2.74 bits per heavy atom. The van der Waals surface area contributed by atoms with Crippen LogP contribution in [0.4, 0.5) is 8.78 Å². The van der Waals surface area contributed by atoms with E-state index in [1.54, 1.807) is 0 Å². The van der Waals surface area contributed by atoms with Gasteiger partial charge in [0.25, 0.3) is 5.91 Å². The highest BCUT2D eigenvalue weighted by molar-refractivity contribution is 9.12. The van der Waals surface area contributed by atoms with Crippen molar-refractivity contribution in [1.82, 2.24) is 15.5 Å². The molecule has 2 aliphatic heterocycles. The minimum atomic E-state index is -0.896. The molecule has 10 heteroatoms. The maximum Gasteiger partial charge on any atom is 0.254 e. The van der Waals surface area contributed by atoms with Crippen molar-refractivity contribution >= 4 is 27.7 Å². The van der Waals surface area contributed by atoms with Crippen LogP contribution in [0.2, 0.25) is 0 Å². The molecule has 1 amide bonds. The Balaban J connectivity index is 1.57. The third-order valence-corrected chi connectivity index (χ3v) is 5.56. The first kappa shape index (κ1) is 19.6. The number of carbonyl (C=O) groups excluding carboxylic acids is 1. The maximum absolute atomic E-state index is 13.7. The summed E-state index contributed by atoms with van der Waals surface area (Å²) < 4.78 is 27.4. The molecule has 0 radical (unpaired) electrons. The first-order valence-corrected chi connectivity index (χ1v) is 9.29. The second-order valence-corrected chi connectivity index (χ2v) is 7.49. The number of nitrogens with two attached hydrogens (primary N) is 2.